The van der Waals surface area contributed by atoms with E-state index in [9.17, 15) is 14.7 Å². The summed E-state index contributed by atoms with van der Waals surface area (Å²) >= 11 is 0. The van der Waals surface area contributed by atoms with Gasteiger partial charge in [0.2, 0.25) is 5.91 Å². The fourth-order valence-corrected chi connectivity index (χ4v) is 3.13. The summed E-state index contributed by atoms with van der Waals surface area (Å²) in [6.07, 6.45) is 3.56. The van der Waals surface area contributed by atoms with Gasteiger partial charge in [0.25, 0.3) is 5.91 Å². The third kappa shape index (κ3) is 4.07. The number of rotatable bonds is 8. The minimum absolute atomic E-state index is 0.169. The summed E-state index contributed by atoms with van der Waals surface area (Å²) in [6, 6.07) is 9.67. The Kier molecular flexibility index (Phi) is 5.18. The van der Waals surface area contributed by atoms with E-state index in [0.717, 1.165) is 18.5 Å². The van der Waals surface area contributed by atoms with Gasteiger partial charge in [0, 0.05) is 17.5 Å². The van der Waals surface area contributed by atoms with Crippen molar-refractivity contribution in [3.05, 3.63) is 59.6 Å². The van der Waals surface area contributed by atoms with E-state index < -0.39 is 24.5 Å². The van der Waals surface area contributed by atoms with Crippen LogP contribution in [0.4, 0.5) is 0 Å². The van der Waals surface area contributed by atoms with Crippen LogP contribution in [0.25, 0.3) is 11.0 Å². The van der Waals surface area contributed by atoms with Crippen molar-refractivity contribution in [1.82, 2.24) is 10.3 Å². The number of fused-ring (bicyclic) bond motifs is 1. The van der Waals surface area contributed by atoms with Crippen LogP contribution in [0.2, 0.25) is 0 Å². The number of pyridine rings is 1. The van der Waals surface area contributed by atoms with Crippen molar-refractivity contribution in [1.29, 1.82) is 0 Å². The first-order valence-corrected chi connectivity index (χ1v) is 9.37. The molecule has 1 aliphatic rings. The molecule has 0 bridgehead atoms. The van der Waals surface area contributed by atoms with Crippen molar-refractivity contribution in [2.24, 2.45) is 5.73 Å². The monoisotopic (exact) mass is 395 g/mol. The largest absolute Gasteiger partial charge is 0.487 e. The van der Waals surface area contributed by atoms with Crippen LogP contribution in [0.5, 0.6) is 5.75 Å². The number of nitrogens with two attached hydrogens (primary N) is 1. The highest BCUT2D eigenvalue weighted by Crippen LogP contribution is 2.45. The second-order valence-corrected chi connectivity index (χ2v) is 6.99. The quantitative estimate of drug-likeness (QED) is 0.534. The Bertz CT molecular complexity index is 1040. The summed E-state index contributed by atoms with van der Waals surface area (Å²) in [5.74, 6) is 0.00284. The lowest BCUT2D eigenvalue weighted by atomic mass is 10.1. The number of hydrogen-bond acceptors (Lipinski definition) is 6. The van der Waals surface area contributed by atoms with Gasteiger partial charge in [-0.15, -0.1) is 0 Å². The maximum atomic E-state index is 12.9. The molecule has 2 aromatic heterocycles. The minimum Gasteiger partial charge on any atom is -0.487 e. The molecule has 1 saturated carbocycles. The second kappa shape index (κ2) is 7.92. The van der Waals surface area contributed by atoms with E-state index in [0.29, 0.717) is 28.0 Å². The summed E-state index contributed by atoms with van der Waals surface area (Å²) in [6.45, 7) is -0.288. The Hall–Kier alpha value is -3.39. The molecule has 0 radical (unpaired) electrons. The van der Waals surface area contributed by atoms with Crippen molar-refractivity contribution < 1.29 is 23.8 Å². The number of primary amides is 1. The van der Waals surface area contributed by atoms with Crippen LogP contribution in [-0.2, 0) is 11.4 Å². The van der Waals surface area contributed by atoms with Crippen LogP contribution in [0.1, 0.15) is 40.6 Å². The summed E-state index contributed by atoms with van der Waals surface area (Å²) in [5, 5.41) is 12.4. The first-order valence-electron chi connectivity index (χ1n) is 9.37. The molecule has 4 N–H and O–H groups in total. The number of aliphatic hydroxyl groups is 1. The van der Waals surface area contributed by atoms with Gasteiger partial charge in [0.15, 0.2) is 0 Å². The van der Waals surface area contributed by atoms with E-state index in [1.807, 2.05) is 18.2 Å². The number of furan rings is 1. The third-order valence-electron chi connectivity index (χ3n) is 4.81. The fourth-order valence-electron chi connectivity index (χ4n) is 3.13. The average molecular weight is 395 g/mol. The molecule has 29 heavy (non-hydrogen) atoms. The lowest BCUT2D eigenvalue weighted by molar-refractivity contribution is -0.120. The van der Waals surface area contributed by atoms with Crippen molar-refractivity contribution in [2.45, 2.75) is 31.4 Å². The van der Waals surface area contributed by atoms with Crippen LogP contribution in [0.15, 0.2) is 47.0 Å². The average Bonchev–Trinajstić information content (AvgIpc) is 3.51. The predicted octanol–water partition coefficient (Wildman–Crippen LogP) is 1.86. The minimum atomic E-state index is -1.16. The first kappa shape index (κ1) is 18.9. The molecule has 0 spiro atoms. The van der Waals surface area contributed by atoms with E-state index >= 15 is 0 Å². The molecule has 8 nitrogen and oxygen atoms in total. The second-order valence-electron chi connectivity index (χ2n) is 6.99. The van der Waals surface area contributed by atoms with Gasteiger partial charge >= 0.3 is 0 Å². The number of carbonyl (C=O) groups excluding carboxylic acids is 2. The molecular formula is C21H21N3O5. The van der Waals surface area contributed by atoms with Crippen molar-refractivity contribution >= 4 is 22.8 Å². The number of amides is 2. The first-order chi connectivity index (χ1) is 14.1. The number of aromatic nitrogens is 1. The van der Waals surface area contributed by atoms with E-state index in [4.69, 9.17) is 14.9 Å². The zero-order valence-corrected chi connectivity index (χ0v) is 15.6. The lowest BCUT2D eigenvalue weighted by Gasteiger charge is -2.13. The molecule has 4 rings (SSSR count). The van der Waals surface area contributed by atoms with Crippen LogP contribution < -0.4 is 15.8 Å². The normalized spacial score (nSPS) is 14.5. The molecule has 0 aliphatic heterocycles. The maximum Gasteiger partial charge on any atom is 0.256 e. The van der Waals surface area contributed by atoms with Crippen LogP contribution in [-0.4, -0.2) is 34.6 Å². The zero-order valence-electron chi connectivity index (χ0n) is 15.6. The summed E-state index contributed by atoms with van der Waals surface area (Å²) in [5.41, 5.74) is 6.92. The van der Waals surface area contributed by atoms with Gasteiger partial charge in [0.1, 0.15) is 29.7 Å². The topological polar surface area (TPSA) is 128 Å². The molecule has 1 aliphatic carbocycles. The van der Waals surface area contributed by atoms with Gasteiger partial charge in [-0.25, -0.2) is 0 Å². The number of nitrogens with zero attached hydrogens (tertiary/aromatic N) is 1. The standard InChI is InChI=1S/C21H21N3O5/c22-20(26)16(10-25)24-21(27)18-15-9-14(28-11-13-3-1-2-8-23-13)6-7-17(15)29-19(18)12-4-5-12/h1-3,6-9,12,16,25H,4-5,10-11H2,(H2,22,26)(H,24,27)/t16-/m0/s1. The van der Waals surface area contributed by atoms with Gasteiger partial charge in [-0.2, -0.15) is 0 Å². The molecule has 0 unspecified atom stereocenters. The van der Waals surface area contributed by atoms with Crippen molar-refractivity contribution in [2.75, 3.05) is 6.61 Å². The number of aliphatic hydroxyl groups excluding tert-OH is 1. The summed E-state index contributed by atoms with van der Waals surface area (Å²) < 4.78 is 11.7. The molecule has 1 atom stereocenters. The molecular weight excluding hydrogens is 374 g/mol. The number of nitrogens with one attached hydrogen (secondary N) is 1. The van der Waals surface area contributed by atoms with E-state index in [-0.39, 0.29) is 12.5 Å². The maximum absolute atomic E-state index is 12.9. The van der Waals surface area contributed by atoms with E-state index in [1.54, 1.807) is 24.4 Å². The van der Waals surface area contributed by atoms with Crippen LogP contribution in [0, 0.1) is 0 Å². The smallest absolute Gasteiger partial charge is 0.256 e. The number of benzene rings is 1. The summed E-state index contributed by atoms with van der Waals surface area (Å²) in [7, 11) is 0. The molecule has 0 saturated heterocycles. The molecule has 1 fully saturated rings. The molecule has 8 heteroatoms. The molecule has 2 heterocycles. The number of hydrogen-bond donors (Lipinski definition) is 3. The van der Waals surface area contributed by atoms with Crippen LogP contribution in [0.3, 0.4) is 0 Å². The lowest BCUT2D eigenvalue weighted by Crippen LogP contribution is -2.46. The Labute approximate surface area is 166 Å². The molecule has 2 amide bonds. The molecule has 150 valence electrons. The van der Waals surface area contributed by atoms with Gasteiger partial charge in [-0.05, 0) is 43.2 Å². The van der Waals surface area contributed by atoms with E-state index in [1.165, 1.54) is 0 Å². The zero-order chi connectivity index (χ0) is 20.4. The summed E-state index contributed by atoms with van der Waals surface area (Å²) in [4.78, 5) is 28.5. The van der Waals surface area contributed by atoms with Gasteiger partial charge < -0.3 is 25.3 Å². The Morgan fingerprint density at radius 2 is 2.14 bits per heavy atom. The highest BCUT2D eigenvalue weighted by atomic mass is 16.5. The highest BCUT2D eigenvalue weighted by molar-refractivity contribution is 6.09. The predicted molar refractivity (Wildman–Crippen MR) is 104 cm³/mol. The molecule has 3 aromatic rings. The van der Waals surface area contributed by atoms with Crippen LogP contribution >= 0.6 is 0 Å². The van der Waals surface area contributed by atoms with Gasteiger partial charge in [0.05, 0.1) is 17.9 Å². The van der Waals surface area contributed by atoms with E-state index in [2.05, 4.69) is 10.3 Å². The van der Waals surface area contributed by atoms with Gasteiger partial charge in [-0.3, -0.25) is 14.6 Å². The number of carbonyl (C=O) groups is 2. The Morgan fingerprint density at radius 1 is 1.31 bits per heavy atom. The Balaban J connectivity index is 1.64. The SMILES string of the molecule is NC(=O)[C@H](CO)NC(=O)c1c(C2CC2)oc2ccc(OCc3ccccn3)cc12. The number of ether oxygens (including phenoxy) is 1. The highest BCUT2D eigenvalue weighted by Gasteiger charge is 2.34. The van der Waals surface area contributed by atoms with Crippen molar-refractivity contribution in [3.8, 4) is 5.75 Å². The third-order valence-corrected chi connectivity index (χ3v) is 4.81. The molecule has 1 aromatic carbocycles. The fraction of sp³-hybridized carbons (Fsp3) is 0.286. The van der Waals surface area contributed by atoms with Crippen molar-refractivity contribution in [3.63, 3.8) is 0 Å². The Morgan fingerprint density at radius 3 is 2.79 bits per heavy atom. The van der Waals surface area contributed by atoms with Gasteiger partial charge in [-0.1, -0.05) is 6.07 Å².